The fourth-order valence-corrected chi connectivity index (χ4v) is 1.84. The van der Waals surface area contributed by atoms with E-state index < -0.39 is 0 Å². The summed E-state index contributed by atoms with van der Waals surface area (Å²) >= 11 is 3.35. The van der Waals surface area contributed by atoms with Crippen molar-refractivity contribution in [3.8, 4) is 0 Å². The van der Waals surface area contributed by atoms with Crippen molar-refractivity contribution >= 4 is 32.9 Å². The van der Waals surface area contributed by atoms with Crippen LogP contribution in [0.1, 0.15) is 5.56 Å². The highest BCUT2D eigenvalue weighted by Crippen LogP contribution is 2.24. The van der Waals surface area contributed by atoms with E-state index in [4.69, 9.17) is 10.8 Å². The van der Waals surface area contributed by atoms with E-state index in [1.54, 1.807) is 0 Å². The summed E-state index contributed by atoms with van der Waals surface area (Å²) in [7, 11) is 0. The summed E-state index contributed by atoms with van der Waals surface area (Å²) < 4.78 is 0.835. The minimum absolute atomic E-state index is 0.00741. The summed E-state index contributed by atoms with van der Waals surface area (Å²) in [5, 5.41) is 8.94. The lowest BCUT2D eigenvalue weighted by atomic mass is 10.2. The molecular formula is C8H8BrN3O. The number of fused-ring (bicyclic) bond motifs is 1. The van der Waals surface area contributed by atoms with Crippen molar-refractivity contribution in [1.29, 1.82) is 0 Å². The van der Waals surface area contributed by atoms with Gasteiger partial charge in [0.2, 0.25) is 0 Å². The molecule has 13 heavy (non-hydrogen) atoms. The molecule has 0 saturated heterocycles. The molecule has 1 heterocycles. The number of nitrogen functional groups attached to an aromatic ring is 1. The molecule has 4 nitrogen and oxygen atoms in total. The van der Waals surface area contributed by atoms with Crippen LogP contribution in [0.5, 0.6) is 0 Å². The molecule has 0 saturated carbocycles. The smallest absolute Gasteiger partial charge is 0.198 e. The molecule has 68 valence electrons. The molecule has 0 unspecified atom stereocenters. The van der Waals surface area contributed by atoms with E-state index in [-0.39, 0.29) is 6.61 Å². The van der Waals surface area contributed by atoms with Crippen molar-refractivity contribution in [2.75, 3.05) is 5.73 Å². The molecule has 5 heteroatoms. The number of nitrogens with zero attached hydrogens (tertiary/aromatic N) is 1. The maximum atomic E-state index is 8.94. The Labute approximate surface area is 82.9 Å². The lowest BCUT2D eigenvalue weighted by Gasteiger charge is -1.97. The number of H-pyrrole nitrogens is 1. The van der Waals surface area contributed by atoms with Crippen LogP contribution in [0.15, 0.2) is 16.6 Å². The fraction of sp³-hybridized carbons (Fsp3) is 0.125. The van der Waals surface area contributed by atoms with Gasteiger partial charge in [-0.05, 0) is 33.6 Å². The number of halogens is 1. The molecule has 0 bridgehead atoms. The molecule has 0 aliphatic carbocycles. The molecular weight excluding hydrogens is 234 g/mol. The zero-order chi connectivity index (χ0) is 9.42. The van der Waals surface area contributed by atoms with Crippen molar-refractivity contribution in [1.82, 2.24) is 9.97 Å². The first-order chi connectivity index (χ1) is 6.20. The number of benzene rings is 1. The van der Waals surface area contributed by atoms with Gasteiger partial charge in [-0.3, -0.25) is 0 Å². The second kappa shape index (κ2) is 3.01. The molecule has 2 aromatic rings. The zero-order valence-electron chi connectivity index (χ0n) is 6.71. The van der Waals surface area contributed by atoms with E-state index in [1.165, 1.54) is 0 Å². The quantitative estimate of drug-likeness (QED) is 0.707. The first-order valence-corrected chi connectivity index (χ1v) is 4.54. The Morgan fingerprint density at radius 1 is 1.54 bits per heavy atom. The number of aromatic nitrogens is 2. The van der Waals surface area contributed by atoms with Crippen molar-refractivity contribution in [2.45, 2.75) is 6.61 Å². The summed E-state index contributed by atoms with van der Waals surface area (Å²) in [6.07, 6.45) is 0. The van der Waals surface area contributed by atoms with Gasteiger partial charge in [0.05, 0.1) is 12.1 Å². The predicted octanol–water partition coefficient (Wildman–Crippen LogP) is 1.40. The highest BCUT2D eigenvalue weighted by Gasteiger charge is 2.05. The minimum atomic E-state index is 0.00741. The first kappa shape index (κ1) is 8.52. The maximum Gasteiger partial charge on any atom is 0.198 e. The number of imidazole rings is 1. The van der Waals surface area contributed by atoms with Gasteiger partial charge in [0.15, 0.2) is 5.95 Å². The summed E-state index contributed by atoms with van der Waals surface area (Å²) in [6.45, 7) is 0.00741. The molecule has 0 atom stereocenters. The van der Waals surface area contributed by atoms with Crippen molar-refractivity contribution in [3.63, 3.8) is 0 Å². The molecule has 2 rings (SSSR count). The van der Waals surface area contributed by atoms with E-state index in [0.717, 1.165) is 21.1 Å². The van der Waals surface area contributed by atoms with Crippen LogP contribution in [-0.4, -0.2) is 15.1 Å². The van der Waals surface area contributed by atoms with E-state index in [0.29, 0.717) is 5.95 Å². The van der Waals surface area contributed by atoms with Gasteiger partial charge in [0.25, 0.3) is 0 Å². The molecule has 0 aliphatic heterocycles. The van der Waals surface area contributed by atoms with Crippen LogP contribution in [0.25, 0.3) is 11.0 Å². The SMILES string of the molecule is Nc1nc2c(Br)cc(CO)cc2[nH]1. The normalized spacial score (nSPS) is 10.9. The van der Waals surface area contributed by atoms with Crippen molar-refractivity contribution in [2.24, 2.45) is 0 Å². The molecule has 1 aromatic carbocycles. The lowest BCUT2D eigenvalue weighted by molar-refractivity contribution is 0.282. The van der Waals surface area contributed by atoms with E-state index in [9.17, 15) is 0 Å². The Morgan fingerprint density at radius 2 is 2.31 bits per heavy atom. The average molecular weight is 242 g/mol. The Bertz CT molecular complexity index is 452. The summed E-state index contributed by atoms with van der Waals surface area (Å²) in [4.78, 5) is 6.98. The number of rotatable bonds is 1. The van der Waals surface area contributed by atoms with Gasteiger partial charge in [-0.15, -0.1) is 0 Å². The van der Waals surface area contributed by atoms with Crippen LogP contribution in [0.4, 0.5) is 5.95 Å². The fourth-order valence-electron chi connectivity index (χ4n) is 1.24. The third kappa shape index (κ3) is 1.40. The molecule has 1 aromatic heterocycles. The second-order valence-corrected chi connectivity index (χ2v) is 3.61. The average Bonchev–Trinajstić information content (AvgIpc) is 2.46. The summed E-state index contributed by atoms with van der Waals surface area (Å²) in [5.41, 5.74) is 7.94. The Morgan fingerprint density at radius 3 is 3.00 bits per heavy atom. The van der Waals surface area contributed by atoms with Crippen LogP contribution < -0.4 is 5.73 Å². The predicted molar refractivity (Wildman–Crippen MR) is 54.1 cm³/mol. The minimum Gasteiger partial charge on any atom is -0.392 e. The van der Waals surface area contributed by atoms with Crippen molar-refractivity contribution < 1.29 is 5.11 Å². The third-order valence-electron chi connectivity index (χ3n) is 1.80. The van der Waals surface area contributed by atoms with Gasteiger partial charge in [0, 0.05) is 4.47 Å². The van der Waals surface area contributed by atoms with E-state index in [2.05, 4.69) is 25.9 Å². The topological polar surface area (TPSA) is 74.9 Å². The van der Waals surface area contributed by atoms with Gasteiger partial charge in [-0.25, -0.2) is 4.98 Å². The molecule has 0 radical (unpaired) electrons. The number of nitrogens with one attached hydrogen (secondary N) is 1. The Balaban J connectivity index is 2.75. The summed E-state index contributed by atoms with van der Waals surface area (Å²) in [6, 6.07) is 3.64. The number of nitrogens with two attached hydrogens (primary N) is 1. The number of aromatic amines is 1. The molecule has 0 fully saturated rings. The number of aliphatic hydroxyl groups is 1. The van der Waals surface area contributed by atoms with Crippen LogP contribution in [0, 0.1) is 0 Å². The maximum absolute atomic E-state index is 8.94. The lowest BCUT2D eigenvalue weighted by Crippen LogP contribution is -1.84. The molecule has 0 spiro atoms. The van der Waals surface area contributed by atoms with Crippen molar-refractivity contribution in [3.05, 3.63) is 22.2 Å². The van der Waals surface area contributed by atoms with Crippen LogP contribution in [0.2, 0.25) is 0 Å². The van der Waals surface area contributed by atoms with Gasteiger partial charge in [-0.1, -0.05) is 0 Å². The van der Waals surface area contributed by atoms with Gasteiger partial charge in [0.1, 0.15) is 5.52 Å². The van der Waals surface area contributed by atoms with Gasteiger partial charge < -0.3 is 15.8 Å². The number of aliphatic hydroxyl groups excluding tert-OH is 1. The largest absolute Gasteiger partial charge is 0.392 e. The Hall–Kier alpha value is -1.07. The molecule has 0 amide bonds. The third-order valence-corrected chi connectivity index (χ3v) is 2.41. The standard InChI is InChI=1S/C8H8BrN3O/c9-5-1-4(3-13)2-6-7(5)12-8(10)11-6/h1-2,13H,3H2,(H3,10,11,12). The highest BCUT2D eigenvalue weighted by molar-refractivity contribution is 9.10. The first-order valence-electron chi connectivity index (χ1n) is 3.75. The van der Waals surface area contributed by atoms with Gasteiger partial charge in [-0.2, -0.15) is 0 Å². The molecule has 0 aliphatic rings. The Kier molecular flexibility index (Phi) is 1.97. The number of hydrogen-bond acceptors (Lipinski definition) is 3. The van der Waals surface area contributed by atoms with E-state index >= 15 is 0 Å². The summed E-state index contributed by atoms with van der Waals surface area (Å²) in [5.74, 6) is 0.380. The highest BCUT2D eigenvalue weighted by atomic mass is 79.9. The number of hydrogen-bond donors (Lipinski definition) is 3. The molecule has 4 N–H and O–H groups in total. The van der Waals surface area contributed by atoms with Gasteiger partial charge >= 0.3 is 0 Å². The van der Waals surface area contributed by atoms with Crippen LogP contribution in [-0.2, 0) is 6.61 Å². The van der Waals surface area contributed by atoms with Crippen LogP contribution in [0.3, 0.4) is 0 Å². The monoisotopic (exact) mass is 241 g/mol. The van der Waals surface area contributed by atoms with E-state index in [1.807, 2.05) is 12.1 Å². The van der Waals surface area contributed by atoms with Crippen LogP contribution >= 0.6 is 15.9 Å². The zero-order valence-corrected chi connectivity index (χ0v) is 8.30. The number of anilines is 1. The second-order valence-electron chi connectivity index (χ2n) is 2.75.